The molecule has 0 unspecified atom stereocenters. The zero-order valence-electron chi connectivity index (χ0n) is 13.4. The molecule has 0 aromatic heterocycles. The molecular weight excluding hydrogens is 334 g/mol. The van der Waals surface area contributed by atoms with Crippen molar-refractivity contribution in [1.29, 1.82) is 0 Å². The van der Waals surface area contributed by atoms with Crippen LogP contribution in [0.1, 0.15) is 11.1 Å². The molecular formula is C16H19NO4S2. The van der Waals surface area contributed by atoms with Gasteiger partial charge in [0.25, 0.3) is 0 Å². The lowest BCUT2D eigenvalue weighted by atomic mass is 9.98. The molecule has 124 valence electrons. The minimum Gasteiger partial charge on any atom is -0.224 e. The number of sulfonamides is 1. The summed E-state index contributed by atoms with van der Waals surface area (Å²) >= 11 is 0. The molecule has 23 heavy (non-hydrogen) atoms. The third kappa shape index (κ3) is 3.63. The fourth-order valence-corrected chi connectivity index (χ4v) is 4.10. The molecule has 0 fully saturated rings. The van der Waals surface area contributed by atoms with E-state index in [1.165, 1.54) is 7.05 Å². The van der Waals surface area contributed by atoms with Gasteiger partial charge in [-0.3, -0.25) is 0 Å². The SMILES string of the molecule is CNS(=O)(=O)c1cc(C)c(-c2cccc(S(C)(=O)=O)c2)cc1C. The molecule has 2 aromatic carbocycles. The fourth-order valence-electron chi connectivity index (χ4n) is 2.39. The summed E-state index contributed by atoms with van der Waals surface area (Å²) in [4.78, 5) is 0.458. The van der Waals surface area contributed by atoms with Crippen molar-refractivity contribution >= 4 is 19.9 Å². The maximum absolute atomic E-state index is 12.0. The van der Waals surface area contributed by atoms with E-state index < -0.39 is 19.9 Å². The Hall–Kier alpha value is -1.70. The molecule has 0 saturated heterocycles. The van der Waals surface area contributed by atoms with Crippen LogP contribution in [-0.2, 0) is 19.9 Å². The predicted octanol–water partition coefficient (Wildman–Crippen LogP) is 2.28. The smallest absolute Gasteiger partial charge is 0.224 e. The first kappa shape index (κ1) is 17.7. The number of rotatable bonds is 4. The average Bonchev–Trinajstić information content (AvgIpc) is 2.48. The summed E-state index contributed by atoms with van der Waals surface area (Å²) in [6.45, 7) is 3.52. The second-order valence-electron chi connectivity index (χ2n) is 5.44. The van der Waals surface area contributed by atoms with E-state index >= 15 is 0 Å². The van der Waals surface area contributed by atoms with E-state index in [0.717, 1.165) is 22.9 Å². The van der Waals surface area contributed by atoms with E-state index in [9.17, 15) is 16.8 Å². The Morgan fingerprint density at radius 2 is 1.57 bits per heavy atom. The average molecular weight is 353 g/mol. The van der Waals surface area contributed by atoms with Gasteiger partial charge in [0.15, 0.2) is 9.84 Å². The molecule has 0 amide bonds. The highest BCUT2D eigenvalue weighted by Gasteiger charge is 2.17. The number of aryl methyl sites for hydroxylation is 2. The lowest BCUT2D eigenvalue weighted by Crippen LogP contribution is -2.19. The third-order valence-electron chi connectivity index (χ3n) is 3.65. The van der Waals surface area contributed by atoms with Gasteiger partial charge in [-0.05, 0) is 67.4 Å². The van der Waals surface area contributed by atoms with Gasteiger partial charge in [-0.2, -0.15) is 0 Å². The van der Waals surface area contributed by atoms with Gasteiger partial charge in [-0.15, -0.1) is 0 Å². The summed E-state index contributed by atoms with van der Waals surface area (Å²) in [5, 5.41) is 0. The Morgan fingerprint density at radius 3 is 2.13 bits per heavy atom. The van der Waals surface area contributed by atoms with Crippen molar-refractivity contribution in [3.8, 4) is 11.1 Å². The monoisotopic (exact) mass is 353 g/mol. The Balaban J connectivity index is 2.65. The quantitative estimate of drug-likeness (QED) is 0.914. The molecule has 0 aliphatic carbocycles. The van der Waals surface area contributed by atoms with E-state index in [0.29, 0.717) is 5.56 Å². The van der Waals surface area contributed by atoms with Gasteiger partial charge in [-0.25, -0.2) is 21.6 Å². The maximum atomic E-state index is 12.0. The summed E-state index contributed by atoms with van der Waals surface area (Å²) in [6.07, 6.45) is 1.16. The van der Waals surface area contributed by atoms with E-state index in [2.05, 4.69) is 4.72 Å². The topological polar surface area (TPSA) is 80.3 Å². The van der Waals surface area contributed by atoms with Gasteiger partial charge >= 0.3 is 0 Å². The van der Waals surface area contributed by atoms with Crippen LogP contribution in [-0.4, -0.2) is 30.1 Å². The van der Waals surface area contributed by atoms with Crippen molar-refractivity contribution in [1.82, 2.24) is 4.72 Å². The molecule has 5 nitrogen and oxygen atoms in total. The zero-order chi connectivity index (χ0) is 17.4. The second kappa shape index (κ2) is 6.07. The standard InChI is InChI=1S/C16H19NO4S2/c1-11-9-16(23(20,21)17-3)12(2)8-15(11)13-6-5-7-14(10-13)22(4,18)19/h5-10,17H,1-4H3. The van der Waals surface area contributed by atoms with Crippen LogP contribution in [0, 0.1) is 13.8 Å². The minimum atomic E-state index is -3.53. The summed E-state index contributed by atoms with van der Waals surface area (Å²) in [6, 6.07) is 10.00. The molecule has 2 rings (SSSR count). The van der Waals surface area contributed by atoms with Gasteiger partial charge in [0.05, 0.1) is 9.79 Å². The summed E-state index contributed by atoms with van der Waals surface area (Å²) in [7, 11) is -5.46. The highest BCUT2D eigenvalue weighted by Crippen LogP contribution is 2.29. The van der Waals surface area contributed by atoms with E-state index in [1.807, 2.05) is 6.07 Å². The molecule has 0 atom stereocenters. The van der Waals surface area contributed by atoms with Crippen LogP contribution in [0.25, 0.3) is 11.1 Å². The molecule has 1 N–H and O–H groups in total. The van der Waals surface area contributed by atoms with Crippen molar-refractivity contribution in [2.75, 3.05) is 13.3 Å². The van der Waals surface area contributed by atoms with Crippen molar-refractivity contribution < 1.29 is 16.8 Å². The van der Waals surface area contributed by atoms with Crippen molar-refractivity contribution in [2.24, 2.45) is 0 Å². The molecule has 0 aliphatic heterocycles. The van der Waals surface area contributed by atoms with E-state index in [4.69, 9.17) is 0 Å². The van der Waals surface area contributed by atoms with Gasteiger partial charge in [-0.1, -0.05) is 12.1 Å². The Kier molecular flexibility index (Phi) is 4.66. The van der Waals surface area contributed by atoms with Crippen molar-refractivity contribution in [2.45, 2.75) is 23.6 Å². The van der Waals surface area contributed by atoms with Crippen molar-refractivity contribution in [3.05, 3.63) is 47.5 Å². The van der Waals surface area contributed by atoms with Crippen LogP contribution in [0.2, 0.25) is 0 Å². The van der Waals surface area contributed by atoms with Gasteiger partial charge in [0.1, 0.15) is 0 Å². The number of hydrogen-bond acceptors (Lipinski definition) is 4. The molecule has 2 aromatic rings. The lowest BCUT2D eigenvalue weighted by Gasteiger charge is -2.13. The summed E-state index contributed by atoms with van der Waals surface area (Å²) in [5.41, 5.74) is 2.91. The first-order valence-corrected chi connectivity index (χ1v) is 10.3. The van der Waals surface area contributed by atoms with Crippen LogP contribution in [0.3, 0.4) is 0 Å². The molecule has 0 radical (unpaired) electrons. The number of sulfone groups is 1. The molecule has 0 aliphatic rings. The van der Waals surface area contributed by atoms with Gasteiger partial charge in [0.2, 0.25) is 10.0 Å². The zero-order valence-corrected chi connectivity index (χ0v) is 15.0. The first-order valence-electron chi connectivity index (χ1n) is 6.91. The van der Waals surface area contributed by atoms with Gasteiger partial charge < -0.3 is 0 Å². The second-order valence-corrected chi connectivity index (χ2v) is 9.31. The Morgan fingerprint density at radius 1 is 0.913 bits per heavy atom. The maximum Gasteiger partial charge on any atom is 0.240 e. The van der Waals surface area contributed by atoms with Crippen LogP contribution in [0.5, 0.6) is 0 Å². The Labute approximate surface area is 137 Å². The fraction of sp³-hybridized carbons (Fsp3) is 0.250. The minimum absolute atomic E-state index is 0.223. The van der Waals surface area contributed by atoms with E-state index in [-0.39, 0.29) is 9.79 Å². The highest BCUT2D eigenvalue weighted by atomic mass is 32.2. The Bertz CT molecular complexity index is 962. The lowest BCUT2D eigenvalue weighted by molar-refractivity contribution is 0.587. The number of nitrogens with one attached hydrogen (secondary N) is 1. The molecule has 7 heteroatoms. The molecule has 0 spiro atoms. The highest BCUT2D eigenvalue weighted by molar-refractivity contribution is 7.90. The first-order chi connectivity index (χ1) is 10.6. The largest absolute Gasteiger partial charge is 0.240 e. The predicted molar refractivity (Wildman–Crippen MR) is 90.7 cm³/mol. The molecule has 0 heterocycles. The summed E-state index contributed by atoms with van der Waals surface area (Å²) in [5.74, 6) is 0. The molecule has 0 bridgehead atoms. The van der Waals surface area contributed by atoms with E-state index in [1.54, 1.807) is 44.2 Å². The van der Waals surface area contributed by atoms with Crippen LogP contribution in [0.4, 0.5) is 0 Å². The van der Waals surface area contributed by atoms with Gasteiger partial charge in [0, 0.05) is 6.26 Å². The number of benzene rings is 2. The molecule has 0 saturated carbocycles. The van der Waals surface area contributed by atoms with Crippen LogP contribution < -0.4 is 4.72 Å². The van der Waals surface area contributed by atoms with Crippen molar-refractivity contribution in [3.63, 3.8) is 0 Å². The number of hydrogen-bond donors (Lipinski definition) is 1. The third-order valence-corrected chi connectivity index (χ3v) is 6.32. The van der Waals surface area contributed by atoms with Crippen LogP contribution in [0.15, 0.2) is 46.2 Å². The summed E-state index contributed by atoms with van der Waals surface area (Å²) < 4.78 is 49.8. The normalized spacial score (nSPS) is 12.3. The van der Waals surface area contributed by atoms with Crippen LogP contribution >= 0.6 is 0 Å².